The van der Waals surface area contributed by atoms with Crippen LogP contribution in [0.2, 0.25) is 0 Å². The third kappa shape index (κ3) is 5.10. The van der Waals surface area contributed by atoms with E-state index >= 15 is 0 Å². The molecule has 0 aromatic rings. The van der Waals surface area contributed by atoms with Gasteiger partial charge >= 0.3 is 0 Å². The third-order valence-corrected chi connectivity index (χ3v) is 9.55. The van der Waals surface area contributed by atoms with Crippen LogP contribution < -0.4 is 0 Å². The van der Waals surface area contributed by atoms with Crippen molar-refractivity contribution in [2.24, 2.45) is 28.1 Å². The third-order valence-electron chi connectivity index (χ3n) is 9.55. The molecular formula is C30H44O6. The highest BCUT2D eigenvalue weighted by Gasteiger charge is 2.65. The van der Waals surface area contributed by atoms with Gasteiger partial charge in [-0.3, -0.25) is 14.8 Å². The standard InChI is InChI=1S/C30H44O6/c1-19(9-8-14-27(3,4)34)10-11-21(31)20(2)26-22(32)17-24-28(5)16-13-25(33)30(7,18-36-35)23(28)12-15-29(24,26)6/h8-11,14,23-25,33-35H,12-13,15-18H2,1-7H3/b11-10+,14-8+,19-9+,26-20+/t23-,24+,25-,28+,29+,30-/m1/s1. The highest BCUT2D eigenvalue weighted by Crippen LogP contribution is 2.69. The lowest BCUT2D eigenvalue weighted by atomic mass is 9.43. The number of aliphatic hydroxyl groups excluding tert-OH is 1. The maximum Gasteiger partial charge on any atom is 0.181 e. The molecule has 3 saturated carbocycles. The molecule has 3 N–H and O–H groups in total. The maximum absolute atomic E-state index is 13.4. The van der Waals surface area contributed by atoms with Crippen LogP contribution in [0.3, 0.4) is 0 Å². The zero-order chi connectivity index (χ0) is 27.1. The lowest BCUT2D eigenvalue weighted by molar-refractivity contribution is -0.292. The molecule has 6 nitrogen and oxygen atoms in total. The number of aliphatic hydroxyl groups is 2. The van der Waals surface area contributed by atoms with E-state index in [1.807, 2.05) is 19.9 Å². The summed E-state index contributed by atoms with van der Waals surface area (Å²) in [4.78, 5) is 31.2. The van der Waals surface area contributed by atoms with E-state index in [1.54, 1.807) is 39.0 Å². The summed E-state index contributed by atoms with van der Waals surface area (Å²) in [5.74, 6) is 0.0587. The molecular weight excluding hydrogens is 456 g/mol. The molecule has 0 saturated heterocycles. The van der Waals surface area contributed by atoms with Gasteiger partial charge in [-0.15, -0.1) is 0 Å². The molecule has 0 aromatic heterocycles. The average molecular weight is 501 g/mol. The molecule has 0 aliphatic heterocycles. The van der Waals surface area contributed by atoms with Crippen molar-refractivity contribution in [2.45, 2.75) is 92.3 Å². The molecule has 0 spiro atoms. The Bertz CT molecular complexity index is 1010. The van der Waals surface area contributed by atoms with Crippen molar-refractivity contribution in [1.29, 1.82) is 0 Å². The summed E-state index contributed by atoms with van der Waals surface area (Å²) in [5.41, 5.74) is -0.0576. The van der Waals surface area contributed by atoms with E-state index in [-0.39, 0.29) is 35.4 Å². The molecule has 3 rings (SSSR count). The van der Waals surface area contributed by atoms with E-state index < -0.39 is 22.5 Å². The number of carbonyl (C=O) groups is 2. The highest BCUT2D eigenvalue weighted by molar-refractivity contribution is 6.12. The monoisotopic (exact) mass is 500 g/mol. The van der Waals surface area contributed by atoms with E-state index in [0.717, 1.165) is 24.8 Å². The van der Waals surface area contributed by atoms with Gasteiger partial charge in [-0.1, -0.05) is 50.6 Å². The van der Waals surface area contributed by atoms with Crippen LogP contribution in [-0.4, -0.2) is 45.3 Å². The van der Waals surface area contributed by atoms with Crippen molar-refractivity contribution in [2.75, 3.05) is 6.61 Å². The topological polar surface area (TPSA) is 104 Å². The molecule has 3 aliphatic rings. The molecule has 36 heavy (non-hydrogen) atoms. The molecule has 3 aliphatic carbocycles. The summed E-state index contributed by atoms with van der Waals surface area (Å²) in [5, 5.41) is 29.9. The molecule has 0 heterocycles. The number of carbonyl (C=O) groups excluding carboxylic acids is 2. The zero-order valence-corrected chi connectivity index (χ0v) is 22.9. The number of fused-ring (bicyclic) bond motifs is 3. The Morgan fingerprint density at radius 1 is 1.11 bits per heavy atom. The zero-order valence-electron chi connectivity index (χ0n) is 22.9. The van der Waals surface area contributed by atoms with Crippen molar-refractivity contribution < 1.29 is 29.9 Å². The van der Waals surface area contributed by atoms with Crippen LogP contribution in [0.15, 0.2) is 47.1 Å². The van der Waals surface area contributed by atoms with Gasteiger partial charge in [0.15, 0.2) is 11.6 Å². The lowest BCUT2D eigenvalue weighted by Gasteiger charge is -2.62. The van der Waals surface area contributed by atoms with Crippen molar-refractivity contribution >= 4 is 11.6 Å². The Labute approximate surface area is 215 Å². The first-order chi connectivity index (χ1) is 16.6. The first-order valence-electron chi connectivity index (χ1n) is 13.1. The maximum atomic E-state index is 13.4. The van der Waals surface area contributed by atoms with Crippen LogP contribution in [0.4, 0.5) is 0 Å². The molecule has 6 heteroatoms. The van der Waals surface area contributed by atoms with Gasteiger partial charge < -0.3 is 10.2 Å². The van der Waals surface area contributed by atoms with Gasteiger partial charge in [0.1, 0.15) is 0 Å². The summed E-state index contributed by atoms with van der Waals surface area (Å²) in [6, 6.07) is 0. The molecule has 3 fully saturated rings. The SMILES string of the molecule is C/C(C(=O)/C=C/C(C)=C/C=C/C(C)(C)O)=C1/C(=O)C[C@H]2[C@@]3(C)CC[C@@H](O)[C@](C)(COO)[C@@H]3CC[C@]12C. The van der Waals surface area contributed by atoms with Crippen LogP contribution in [0.1, 0.15) is 80.6 Å². The van der Waals surface area contributed by atoms with E-state index in [1.165, 1.54) is 6.08 Å². The minimum atomic E-state index is -0.902. The van der Waals surface area contributed by atoms with Gasteiger partial charge in [0.05, 0.1) is 18.3 Å². The van der Waals surface area contributed by atoms with Gasteiger partial charge in [-0.25, -0.2) is 4.89 Å². The fraction of sp³-hybridized carbons (Fsp3) is 0.667. The fourth-order valence-corrected chi connectivity index (χ4v) is 7.64. The largest absolute Gasteiger partial charge is 0.392 e. The second kappa shape index (κ2) is 10.1. The summed E-state index contributed by atoms with van der Waals surface area (Å²) < 4.78 is 0. The van der Waals surface area contributed by atoms with E-state index in [0.29, 0.717) is 24.0 Å². The smallest absolute Gasteiger partial charge is 0.181 e. The van der Waals surface area contributed by atoms with Gasteiger partial charge in [-0.2, -0.15) is 0 Å². The minimum Gasteiger partial charge on any atom is -0.392 e. The number of Topliss-reactive ketones (excluding diaryl/α,β-unsaturated/α-hetero) is 1. The van der Waals surface area contributed by atoms with Crippen LogP contribution >= 0.6 is 0 Å². The number of rotatable bonds is 7. The number of hydrogen-bond acceptors (Lipinski definition) is 6. The molecule has 0 radical (unpaired) electrons. The molecule has 0 amide bonds. The molecule has 200 valence electrons. The summed E-state index contributed by atoms with van der Waals surface area (Å²) >= 11 is 0. The number of ketones is 2. The number of hydrogen-bond donors (Lipinski definition) is 3. The molecule has 0 unspecified atom stereocenters. The quantitative estimate of drug-likeness (QED) is 0.188. The second-order valence-corrected chi connectivity index (χ2v) is 12.6. The molecule has 6 atom stereocenters. The second-order valence-electron chi connectivity index (χ2n) is 12.6. The average Bonchev–Trinajstić information content (AvgIpc) is 3.05. The van der Waals surface area contributed by atoms with E-state index in [9.17, 15) is 25.1 Å². The van der Waals surface area contributed by atoms with E-state index in [2.05, 4.69) is 18.7 Å². The Kier molecular flexibility index (Phi) is 8.08. The lowest BCUT2D eigenvalue weighted by Crippen LogP contribution is -2.59. The Morgan fingerprint density at radius 2 is 1.78 bits per heavy atom. The first-order valence-corrected chi connectivity index (χ1v) is 13.1. The van der Waals surface area contributed by atoms with Gasteiger partial charge in [0, 0.05) is 28.4 Å². The summed E-state index contributed by atoms with van der Waals surface area (Å²) in [6.45, 7) is 13.4. The Hall–Kier alpha value is -1.86. The Balaban J connectivity index is 1.90. The number of allylic oxidation sites excluding steroid dienone is 7. The minimum absolute atomic E-state index is 0.0511. The first kappa shape index (κ1) is 28.7. The fourth-order valence-electron chi connectivity index (χ4n) is 7.64. The highest BCUT2D eigenvalue weighted by atomic mass is 17.1. The normalized spacial score (nSPS) is 39.0. The van der Waals surface area contributed by atoms with Crippen molar-refractivity contribution in [3.05, 3.63) is 47.1 Å². The van der Waals surface area contributed by atoms with Crippen molar-refractivity contribution in [3.8, 4) is 0 Å². The van der Waals surface area contributed by atoms with Crippen LogP contribution in [0.5, 0.6) is 0 Å². The van der Waals surface area contributed by atoms with Gasteiger partial charge in [0.25, 0.3) is 0 Å². The molecule has 0 bridgehead atoms. The van der Waals surface area contributed by atoms with Crippen LogP contribution in [0.25, 0.3) is 0 Å². The van der Waals surface area contributed by atoms with Crippen molar-refractivity contribution in [3.63, 3.8) is 0 Å². The van der Waals surface area contributed by atoms with Crippen LogP contribution in [0, 0.1) is 28.1 Å². The molecule has 0 aromatic carbocycles. The van der Waals surface area contributed by atoms with E-state index in [4.69, 9.17) is 0 Å². The van der Waals surface area contributed by atoms with Gasteiger partial charge in [-0.05, 0) is 76.7 Å². The van der Waals surface area contributed by atoms with Crippen molar-refractivity contribution in [1.82, 2.24) is 0 Å². The van der Waals surface area contributed by atoms with Crippen LogP contribution in [-0.2, 0) is 14.5 Å². The summed E-state index contributed by atoms with van der Waals surface area (Å²) in [6.07, 6.45) is 11.3. The van der Waals surface area contributed by atoms with Gasteiger partial charge in [0.2, 0.25) is 0 Å². The predicted molar refractivity (Wildman–Crippen MR) is 140 cm³/mol. The predicted octanol–water partition coefficient (Wildman–Crippen LogP) is 5.36. The summed E-state index contributed by atoms with van der Waals surface area (Å²) in [7, 11) is 0. The Morgan fingerprint density at radius 3 is 2.39 bits per heavy atom.